The number of ether oxygens (including phenoxy) is 2. The molecule has 9 heteroatoms. The molecule has 1 amide bonds. The van der Waals surface area contributed by atoms with E-state index in [-0.39, 0.29) is 19.3 Å². The molecular formula is C29H37N3O5S. The van der Waals surface area contributed by atoms with Gasteiger partial charge in [0, 0.05) is 14.1 Å². The molecule has 1 aliphatic heterocycles. The Morgan fingerprint density at radius 3 is 2.21 bits per heavy atom. The third-order valence-electron chi connectivity index (χ3n) is 6.21. The van der Waals surface area contributed by atoms with E-state index in [2.05, 4.69) is 9.71 Å². The van der Waals surface area contributed by atoms with Crippen molar-refractivity contribution in [3.63, 3.8) is 0 Å². The van der Waals surface area contributed by atoms with Crippen molar-refractivity contribution in [3.8, 4) is 11.6 Å². The van der Waals surface area contributed by atoms with Crippen molar-refractivity contribution in [2.24, 2.45) is 0 Å². The average molecular weight is 540 g/mol. The molecule has 1 N–H and O–H groups in total. The minimum Gasteiger partial charge on any atom is -0.438 e. The van der Waals surface area contributed by atoms with Crippen LogP contribution < -0.4 is 9.46 Å². The van der Waals surface area contributed by atoms with Crippen molar-refractivity contribution >= 4 is 21.5 Å². The molecular weight excluding hydrogens is 502 g/mol. The number of carbonyl (C=O) groups excluding carboxylic acids is 1. The number of nitrogens with zero attached hydrogens (tertiary/aromatic N) is 2. The third-order valence-corrected chi connectivity index (χ3v) is 7.44. The molecule has 2 aromatic heterocycles. The van der Waals surface area contributed by atoms with Crippen LogP contribution in [-0.2, 0) is 14.8 Å². The molecule has 0 saturated heterocycles. The van der Waals surface area contributed by atoms with Crippen molar-refractivity contribution in [2.75, 3.05) is 0 Å². The normalized spacial score (nSPS) is 16.2. The van der Waals surface area contributed by atoms with Gasteiger partial charge in [-0.3, -0.25) is 4.79 Å². The number of amides is 1. The monoisotopic (exact) mass is 539 g/mol. The molecule has 3 aromatic rings. The van der Waals surface area contributed by atoms with Crippen molar-refractivity contribution < 1.29 is 25.5 Å². The topological polar surface area (TPSA) is 107 Å². The molecule has 0 fully saturated rings. The molecule has 8 nitrogen and oxygen atoms in total. The molecule has 0 bridgehead atoms. The van der Waals surface area contributed by atoms with Crippen LogP contribution in [0.5, 0.6) is 11.6 Å². The maximum atomic E-state index is 13.3. The number of rotatable bonds is 6. The van der Waals surface area contributed by atoms with Crippen LogP contribution >= 0.6 is 0 Å². The van der Waals surface area contributed by atoms with Crippen LogP contribution in [0, 0.1) is 27.7 Å². The molecule has 0 radical (unpaired) electrons. The summed E-state index contributed by atoms with van der Waals surface area (Å²) in [5.74, 6) is -0.335. The van der Waals surface area contributed by atoms with E-state index in [0.717, 1.165) is 22.3 Å². The Labute approximate surface area is 227 Å². The molecule has 0 atom stereocenters. The highest BCUT2D eigenvalue weighted by Crippen LogP contribution is 2.42. The Bertz CT molecular complexity index is 1560. The van der Waals surface area contributed by atoms with Crippen LogP contribution in [0.1, 0.15) is 69.0 Å². The predicted molar refractivity (Wildman–Crippen MR) is 150 cm³/mol. The Morgan fingerprint density at radius 1 is 0.974 bits per heavy atom. The number of aryl methyl sites for hydroxylation is 4. The lowest BCUT2D eigenvalue weighted by molar-refractivity contribution is -0.0444. The van der Waals surface area contributed by atoms with Gasteiger partial charge in [-0.25, -0.2) is 14.7 Å². The van der Waals surface area contributed by atoms with Gasteiger partial charge < -0.3 is 9.47 Å². The van der Waals surface area contributed by atoms with Crippen molar-refractivity contribution in [2.45, 2.75) is 71.6 Å². The minimum absolute atomic E-state index is 0. The summed E-state index contributed by atoms with van der Waals surface area (Å²) in [5, 5.41) is -0.250. The van der Waals surface area contributed by atoms with E-state index >= 15 is 0 Å². The van der Waals surface area contributed by atoms with Crippen LogP contribution in [-0.4, -0.2) is 35.5 Å². The lowest BCUT2D eigenvalue weighted by Gasteiger charge is -2.27. The SMILES string of the molecule is Cc1cc(C)c(Oc2nc(C3=CC(C)(C)OC3(C)C)ccc2C(=O)NS(=O)(=O)c2cccc(C)n2)c(C)c1.[HH].[HH]. The zero-order chi connectivity index (χ0) is 28.0. The average Bonchev–Trinajstić information content (AvgIpc) is 3.02. The van der Waals surface area contributed by atoms with Gasteiger partial charge in [-0.1, -0.05) is 23.8 Å². The Balaban J connectivity index is 0.00000280. The van der Waals surface area contributed by atoms with Gasteiger partial charge >= 0.3 is 0 Å². The summed E-state index contributed by atoms with van der Waals surface area (Å²) in [5.41, 5.74) is 3.56. The molecule has 3 heterocycles. The highest BCUT2D eigenvalue weighted by molar-refractivity contribution is 7.90. The van der Waals surface area contributed by atoms with Gasteiger partial charge in [0.2, 0.25) is 5.88 Å². The fourth-order valence-corrected chi connectivity index (χ4v) is 5.79. The molecule has 204 valence electrons. The number of carbonyl (C=O) groups is 1. The molecule has 1 aromatic carbocycles. The van der Waals surface area contributed by atoms with Crippen molar-refractivity contribution in [1.82, 2.24) is 14.7 Å². The van der Waals surface area contributed by atoms with Crippen LogP contribution in [0.15, 0.2) is 53.6 Å². The fourth-order valence-electron chi connectivity index (χ4n) is 4.81. The molecule has 0 spiro atoms. The molecule has 0 saturated carbocycles. The number of sulfonamides is 1. The van der Waals surface area contributed by atoms with E-state index in [1.165, 1.54) is 12.1 Å². The zero-order valence-electron chi connectivity index (χ0n) is 23.0. The number of hydrogen-bond acceptors (Lipinski definition) is 7. The first kappa shape index (κ1) is 27.5. The van der Waals surface area contributed by atoms with Gasteiger partial charge in [0.1, 0.15) is 11.3 Å². The second-order valence-corrected chi connectivity index (χ2v) is 12.3. The summed E-state index contributed by atoms with van der Waals surface area (Å²) in [7, 11) is -4.23. The van der Waals surface area contributed by atoms with E-state index in [0.29, 0.717) is 17.1 Å². The summed E-state index contributed by atoms with van der Waals surface area (Å²) in [4.78, 5) is 22.1. The maximum absolute atomic E-state index is 13.3. The van der Waals surface area contributed by atoms with Gasteiger partial charge in [0.05, 0.1) is 16.9 Å². The lowest BCUT2D eigenvalue weighted by atomic mass is 9.94. The van der Waals surface area contributed by atoms with Crippen LogP contribution in [0.3, 0.4) is 0 Å². The number of nitrogens with one attached hydrogen (secondary N) is 1. The first-order chi connectivity index (χ1) is 17.6. The fraction of sp³-hybridized carbons (Fsp3) is 0.345. The number of benzene rings is 1. The van der Waals surface area contributed by atoms with Crippen molar-refractivity contribution in [1.29, 1.82) is 0 Å². The zero-order valence-corrected chi connectivity index (χ0v) is 23.8. The second kappa shape index (κ2) is 9.63. The lowest BCUT2D eigenvalue weighted by Crippen LogP contribution is -2.32. The Hall–Kier alpha value is -3.56. The van der Waals surface area contributed by atoms with Crippen LogP contribution in [0.2, 0.25) is 0 Å². The first-order valence-corrected chi connectivity index (χ1v) is 13.8. The number of hydrogen-bond donors (Lipinski definition) is 1. The maximum Gasteiger partial charge on any atom is 0.281 e. The van der Waals surface area contributed by atoms with Gasteiger partial charge in [-0.15, -0.1) is 0 Å². The molecule has 38 heavy (non-hydrogen) atoms. The largest absolute Gasteiger partial charge is 0.438 e. The summed E-state index contributed by atoms with van der Waals surface area (Å²) >= 11 is 0. The molecule has 1 aliphatic rings. The summed E-state index contributed by atoms with van der Waals surface area (Å²) in [6.07, 6.45) is 2.00. The highest BCUT2D eigenvalue weighted by Gasteiger charge is 2.40. The molecule has 4 rings (SSSR count). The Morgan fingerprint density at radius 2 is 1.63 bits per heavy atom. The van der Waals surface area contributed by atoms with E-state index in [1.807, 2.05) is 66.7 Å². The van der Waals surface area contributed by atoms with Crippen molar-refractivity contribution in [3.05, 3.63) is 82.2 Å². The minimum atomic E-state index is -4.23. The van der Waals surface area contributed by atoms with E-state index < -0.39 is 27.1 Å². The van der Waals surface area contributed by atoms with Crippen LogP contribution in [0.4, 0.5) is 0 Å². The second-order valence-electron chi connectivity index (χ2n) is 10.7. The Kier molecular flexibility index (Phi) is 6.96. The highest BCUT2D eigenvalue weighted by atomic mass is 32.2. The number of pyridine rings is 2. The van der Waals surface area contributed by atoms with E-state index in [9.17, 15) is 13.2 Å². The number of aromatic nitrogens is 2. The third kappa shape index (κ3) is 5.63. The quantitative estimate of drug-likeness (QED) is 0.404. The summed E-state index contributed by atoms with van der Waals surface area (Å²) in [6.45, 7) is 15.3. The van der Waals surface area contributed by atoms with Gasteiger partial charge in [-0.2, -0.15) is 8.42 Å². The predicted octanol–water partition coefficient (Wildman–Crippen LogP) is 6.08. The van der Waals surface area contributed by atoms with Gasteiger partial charge in [0.25, 0.3) is 15.9 Å². The van der Waals surface area contributed by atoms with Gasteiger partial charge in [0.15, 0.2) is 5.03 Å². The standard InChI is InChI=1S/C29H33N3O5S.2H2/c1-17-14-18(2)25(19(3)15-17)36-27-21(26(33)32-38(34,35)24-11-9-10-20(4)30-24)12-13-23(31-27)22-16-28(5,6)37-29(22,7)8;;/h9-16H,1-8H3,(H,32,33);2*1H. The van der Waals surface area contributed by atoms with Gasteiger partial charge in [-0.05, 0) is 96.9 Å². The van der Waals surface area contributed by atoms with E-state index in [4.69, 9.17) is 14.5 Å². The summed E-state index contributed by atoms with van der Waals surface area (Å²) < 4.78 is 40.4. The smallest absolute Gasteiger partial charge is 0.281 e. The first-order valence-electron chi connectivity index (χ1n) is 12.3. The van der Waals surface area contributed by atoms with E-state index in [1.54, 1.807) is 25.1 Å². The van der Waals surface area contributed by atoms with Crippen LogP contribution in [0.25, 0.3) is 5.57 Å². The molecule has 0 aliphatic carbocycles. The summed E-state index contributed by atoms with van der Waals surface area (Å²) in [6, 6.07) is 11.7. The molecule has 0 unspecified atom stereocenters.